The predicted octanol–water partition coefficient (Wildman–Crippen LogP) is 4.09. The van der Waals surface area contributed by atoms with Crippen LogP contribution in [0.2, 0.25) is 0 Å². The fourth-order valence-electron chi connectivity index (χ4n) is 3.17. The largest absolute Gasteiger partial charge is 0.350 e. The number of aromatic nitrogens is 1. The van der Waals surface area contributed by atoms with Gasteiger partial charge in [0.15, 0.2) is 0 Å². The van der Waals surface area contributed by atoms with E-state index in [1.165, 1.54) is 12.1 Å². The molecule has 0 spiro atoms. The van der Waals surface area contributed by atoms with Crippen molar-refractivity contribution < 1.29 is 14.0 Å². The monoisotopic (exact) mass is 413 g/mol. The van der Waals surface area contributed by atoms with Crippen LogP contribution >= 0.6 is 0 Å². The second kappa shape index (κ2) is 9.17. The number of fused-ring (bicyclic) bond motifs is 1. The molecule has 0 aliphatic carbocycles. The summed E-state index contributed by atoms with van der Waals surface area (Å²) < 4.78 is 12.9. The van der Waals surface area contributed by atoms with Crippen molar-refractivity contribution in [3.63, 3.8) is 0 Å². The molecule has 2 N–H and O–H groups in total. The third kappa shape index (κ3) is 5.11. The Labute approximate surface area is 178 Å². The summed E-state index contributed by atoms with van der Waals surface area (Å²) in [6, 6.07) is 23.0. The SMILES string of the molecule is O=C(CNC(=O)c1ccc(-c2cnc3ccccc3c2)cc1)NCc1ccc(F)cc1. The molecule has 4 aromatic rings. The zero-order valence-electron chi connectivity index (χ0n) is 16.6. The molecule has 0 aliphatic heterocycles. The molecule has 0 saturated carbocycles. The molecule has 0 fully saturated rings. The molecule has 1 heterocycles. The fourth-order valence-corrected chi connectivity index (χ4v) is 3.17. The smallest absolute Gasteiger partial charge is 0.251 e. The summed E-state index contributed by atoms with van der Waals surface area (Å²) in [5.41, 5.74) is 4.08. The van der Waals surface area contributed by atoms with E-state index in [9.17, 15) is 14.0 Å². The van der Waals surface area contributed by atoms with Gasteiger partial charge in [-0.25, -0.2) is 4.39 Å². The van der Waals surface area contributed by atoms with Crippen LogP contribution in [0.5, 0.6) is 0 Å². The molecule has 1 aromatic heterocycles. The molecule has 31 heavy (non-hydrogen) atoms. The standard InChI is InChI=1S/C25H20FN3O2/c26-22-11-5-17(6-12-22)14-28-24(30)16-29-25(31)19-9-7-18(8-10-19)21-13-20-3-1-2-4-23(20)27-15-21/h1-13,15H,14,16H2,(H,28,30)(H,29,31). The molecule has 154 valence electrons. The summed E-state index contributed by atoms with van der Waals surface area (Å²) in [5, 5.41) is 6.34. The van der Waals surface area contributed by atoms with Gasteiger partial charge in [-0.05, 0) is 47.5 Å². The van der Waals surface area contributed by atoms with Crippen LogP contribution in [0.15, 0.2) is 85.1 Å². The van der Waals surface area contributed by atoms with Gasteiger partial charge in [0, 0.05) is 29.3 Å². The van der Waals surface area contributed by atoms with Crippen molar-refractivity contribution in [2.24, 2.45) is 0 Å². The molecule has 0 atom stereocenters. The van der Waals surface area contributed by atoms with Crippen molar-refractivity contribution in [2.45, 2.75) is 6.54 Å². The van der Waals surface area contributed by atoms with Crippen LogP contribution in [0, 0.1) is 5.82 Å². The maximum atomic E-state index is 12.9. The first-order valence-corrected chi connectivity index (χ1v) is 9.83. The molecule has 0 radical (unpaired) electrons. The lowest BCUT2D eigenvalue weighted by Gasteiger charge is -2.08. The molecular formula is C25H20FN3O2. The summed E-state index contributed by atoms with van der Waals surface area (Å²) >= 11 is 0. The van der Waals surface area contributed by atoms with E-state index in [0.717, 1.165) is 27.6 Å². The van der Waals surface area contributed by atoms with Crippen LogP contribution in [0.25, 0.3) is 22.0 Å². The van der Waals surface area contributed by atoms with Gasteiger partial charge in [-0.15, -0.1) is 0 Å². The Bertz CT molecular complexity index is 1220. The zero-order chi connectivity index (χ0) is 21.6. The number of nitrogens with zero attached hydrogens (tertiary/aromatic N) is 1. The third-order valence-corrected chi connectivity index (χ3v) is 4.88. The minimum Gasteiger partial charge on any atom is -0.350 e. The zero-order valence-corrected chi connectivity index (χ0v) is 16.6. The minimum atomic E-state index is -0.333. The molecule has 6 heteroatoms. The average molecular weight is 413 g/mol. The normalized spacial score (nSPS) is 10.6. The predicted molar refractivity (Wildman–Crippen MR) is 118 cm³/mol. The average Bonchev–Trinajstić information content (AvgIpc) is 2.82. The number of nitrogens with one attached hydrogen (secondary N) is 2. The van der Waals surface area contributed by atoms with Gasteiger partial charge in [-0.3, -0.25) is 14.6 Å². The van der Waals surface area contributed by atoms with Gasteiger partial charge in [-0.2, -0.15) is 0 Å². The van der Waals surface area contributed by atoms with Crippen LogP contribution in [0.1, 0.15) is 15.9 Å². The highest BCUT2D eigenvalue weighted by molar-refractivity contribution is 5.97. The second-order valence-corrected chi connectivity index (χ2v) is 7.08. The number of amides is 2. The second-order valence-electron chi connectivity index (χ2n) is 7.08. The molecule has 5 nitrogen and oxygen atoms in total. The molecule has 0 aliphatic rings. The number of hydrogen-bond acceptors (Lipinski definition) is 3. The van der Waals surface area contributed by atoms with E-state index in [1.807, 2.05) is 42.6 Å². The Kier molecular flexibility index (Phi) is 5.98. The van der Waals surface area contributed by atoms with E-state index >= 15 is 0 Å². The Hall–Kier alpha value is -4.06. The lowest BCUT2D eigenvalue weighted by atomic mass is 10.0. The van der Waals surface area contributed by atoms with E-state index in [4.69, 9.17) is 0 Å². The van der Waals surface area contributed by atoms with E-state index in [2.05, 4.69) is 21.7 Å². The molecule has 0 bridgehead atoms. The van der Waals surface area contributed by atoms with Gasteiger partial charge in [-0.1, -0.05) is 42.5 Å². The number of para-hydroxylation sites is 1. The number of hydrogen-bond donors (Lipinski definition) is 2. The van der Waals surface area contributed by atoms with Crippen molar-refractivity contribution in [2.75, 3.05) is 6.54 Å². The van der Waals surface area contributed by atoms with Gasteiger partial charge < -0.3 is 10.6 Å². The first kappa shape index (κ1) is 20.2. The number of carbonyl (C=O) groups is 2. The first-order valence-electron chi connectivity index (χ1n) is 9.83. The topological polar surface area (TPSA) is 71.1 Å². The molecule has 0 saturated heterocycles. The van der Waals surface area contributed by atoms with Crippen molar-refractivity contribution >= 4 is 22.7 Å². The Morgan fingerprint density at radius 1 is 0.839 bits per heavy atom. The fraction of sp³-hybridized carbons (Fsp3) is 0.0800. The Morgan fingerprint density at radius 3 is 2.35 bits per heavy atom. The molecular weight excluding hydrogens is 393 g/mol. The Morgan fingerprint density at radius 2 is 1.58 bits per heavy atom. The molecule has 2 amide bonds. The van der Waals surface area contributed by atoms with E-state index in [-0.39, 0.29) is 30.7 Å². The lowest BCUT2D eigenvalue weighted by molar-refractivity contribution is -0.120. The van der Waals surface area contributed by atoms with Gasteiger partial charge in [0.05, 0.1) is 12.1 Å². The number of carbonyl (C=O) groups excluding carboxylic acids is 2. The van der Waals surface area contributed by atoms with Crippen LogP contribution in [0.3, 0.4) is 0 Å². The van der Waals surface area contributed by atoms with E-state index in [0.29, 0.717) is 5.56 Å². The van der Waals surface area contributed by atoms with Gasteiger partial charge in [0.2, 0.25) is 5.91 Å². The summed E-state index contributed by atoms with van der Waals surface area (Å²) in [5.74, 6) is -0.984. The quantitative estimate of drug-likeness (QED) is 0.500. The molecule has 4 rings (SSSR count). The van der Waals surface area contributed by atoms with Crippen LogP contribution < -0.4 is 10.6 Å². The minimum absolute atomic E-state index is 0.142. The summed E-state index contributed by atoms with van der Waals surface area (Å²) in [6.07, 6.45) is 1.81. The molecule has 3 aromatic carbocycles. The number of benzene rings is 3. The van der Waals surface area contributed by atoms with Crippen LogP contribution in [0.4, 0.5) is 4.39 Å². The summed E-state index contributed by atoms with van der Waals surface area (Å²) in [6.45, 7) is 0.125. The summed E-state index contributed by atoms with van der Waals surface area (Å²) in [4.78, 5) is 28.8. The highest BCUT2D eigenvalue weighted by Gasteiger charge is 2.09. The van der Waals surface area contributed by atoms with Crippen molar-refractivity contribution in [1.82, 2.24) is 15.6 Å². The van der Waals surface area contributed by atoms with Crippen LogP contribution in [-0.4, -0.2) is 23.3 Å². The van der Waals surface area contributed by atoms with Crippen molar-refractivity contribution in [3.05, 3.63) is 102 Å². The number of rotatable bonds is 6. The van der Waals surface area contributed by atoms with Gasteiger partial charge in [0.1, 0.15) is 5.82 Å². The highest BCUT2D eigenvalue weighted by atomic mass is 19.1. The molecule has 0 unspecified atom stereocenters. The summed E-state index contributed by atoms with van der Waals surface area (Å²) in [7, 11) is 0. The maximum Gasteiger partial charge on any atom is 0.251 e. The number of halogens is 1. The van der Waals surface area contributed by atoms with Crippen molar-refractivity contribution in [3.8, 4) is 11.1 Å². The third-order valence-electron chi connectivity index (χ3n) is 4.88. The first-order chi connectivity index (χ1) is 15.1. The maximum absolute atomic E-state index is 12.9. The van der Waals surface area contributed by atoms with Crippen LogP contribution in [-0.2, 0) is 11.3 Å². The highest BCUT2D eigenvalue weighted by Crippen LogP contribution is 2.23. The van der Waals surface area contributed by atoms with Crippen molar-refractivity contribution in [1.29, 1.82) is 0 Å². The van der Waals surface area contributed by atoms with Gasteiger partial charge >= 0.3 is 0 Å². The van der Waals surface area contributed by atoms with Gasteiger partial charge in [0.25, 0.3) is 5.91 Å². The number of pyridine rings is 1. The van der Waals surface area contributed by atoms with E-state index in [1.54, 1.807) is 24.3 Å². The van der Waals surface area contributed by atoms with E-state index < -0.39 is 0 Å². The lowest BCUT2D eigenvalue weighted by Crippen LogP contribution is -2.36. The Balaban J connectivity index is 1.32.